The van der Waals surface area contributed by atoms with E-state index in [1.54, 1.807) is 0 Å². The monoisotopic (exact) mass is 362 g/mol. The third-order valence-corrected chi connectivity index (χ3v) is 6.52. The average molecular weight is 363 g/mol. The molecule has 0 atom stereocenters. The topological polar surface area (TPSA) is 0 Å². The van der Waals surface area contributed by atoms with Gasteiger partial charge in [-0.2, -0.15) is 0 Å². The Labute approximate surface area is 140 Å². The highest BCUT2D eigenvalue weighted by Gasteiger charge is 2.14. The lowest BCUT2D eigenvalue weighted by atomic mass is 9.97. The van der Waals surface area contributed by atoms with Gasteiger partial charge in [0.25, 0.3) is 0 Å². The maximum Gasteiger partial charge on any atom is 0.0497 e. The highest BCUT2D eigenvalue weighted by molar-refractivity contribution is 9.10. The van der Waals surface area contributed by atoms with Crippen LogP contribution in [0.15, 0.2) is 71.2 Å². The van der Waals surface area contributed by atoms with Gasteiger partial charge in [0.2, 0.25) is 0 Å². The van der Waals surface area contributed by atoms with Gasteiger partial charge in [-0.1, -0.05) is 60.7 Å². The van der Waals surface area contributed by atoms with Crippen LogP contribution in [0.2, 0.25) is 0 Å². The van der Waals surface area contributed by atoms with Crippen molar-refractivity contribution in [3.05, 3.63) is 71.2 Å². The van der Waals surface area contributed by atoms with Crippen molar-refractivity contribution in [2.24, 2.45) is 0 Å². The van der Waals surface area contributed by atoms with Crippen LogP contribution in [0, 0.1) is 0 Å². The molecule has 5 aromatic rings. The van der Waals surface area contributed by atoms with Gasteiger partial charge in [0.1, 0.15) is 0 Å². The zero-order valence-corrected chi connectivity index (χ0v) is 14.0. The molecule has 104 valence electrons. The summed E-state index contributed by atoms with van der Waals surface area (Å²) in [5, 5.41) is 8.11. The molecular weight excluding hydrogens is 352 g/mol. The molecule has 0 amide bonds. The van der Waals surface area contributed by atoms with Gasteiger partial charge in [0.05, 0.1) is 0 Å². The summed E-state index contributed by atoms with van der Waals surface area (Å²) < 4.78 is 3.90. The second-order valence-electron chi connectivity index (χ2n) is 5.51. The molecule has 22 heavy (non-hydrogen) atoms. The van der Waals surface area contributed by atoms with E-state index in [-0.39, 0.29) is 0 Å². The second kappa shape index (κ2) is 4.55. The average Bonchev–Trinajstić information content (AvgIpc) is 2.97. The van der Waals surface area contributed by atoms with Crippen LogP contribution in [0.5, 0.6) is 0 Å². The Bertz CT molecular complexity index is 1180. The maximum absolute atomic E-state index is 3.71. The van der Waals surface area contributed by atoms with Gasteiger partial charge in [0.15, 0.2) is 0 Å². The minimum atomic E-state index is 1.18. The largest absolute Gasteiger partial charge is 0.133 e. The molecule has 1 heterocycles. The summed E-state index contributed by atoms with van der Waals surface area (Å²) in [6.07, 6.45) is 0. The lowest BCUT2D eigenvalue weighted by Gasteiger charge is -2.06. The molecule has 0 nitrogen and oxygen atoms in total. The highest BCUT2D eigenvalue weighted by atomic mass is 79.9. The Morgan fingerprint density at radius 3 is 1.91 bits per heavy atom. The fourth-order valence-electron chi connectivity index (χ4n) is 3.39. The van der Waals surface area contributed by atoms with Gasteiger partial charge in [-0.3, -0.25) is 0 Å². The summed E-state index contributed by atoms with van der Waals surface area (Å²) in [6, 6.07) is 24.0. The molecule has 2 heteroatoms. The highest BCUT2D eigenvalue weighted by Crippen LogP contribution is 2.45. The minimum Gasteiger partial charge on any atom is -0.133 e. The Balaban J connectivity index is 2.24. The van der Waals surface area contributed by atoms with E-state index in [1.807, 2.05) is 11.3 Å². The quantitative estimate of drug-likeness (QED) is 0.257. The molecule has 4 aromatic carbocycles. The zero-order chi connectivity index (χ0) is 14.7. The Kier molecular flexibility index (Phi) is 2.61. The van der Waals surface area contributed by atoms with E-state index in [1.165, 1.54) is 46.2 Å². The number of hydrogen-bond acceptors (Lipinski definition) is 1. The van der Waals surface area contributed by atoms with Crippen molar-refractivity contribution in [3.63, 3.8) is 0 Å². The number of rotatable bonds is 0. The molecule has 5 rings (SSSR count). The summed E-state index contributed by atoms with van der Waals surface area (Å²) in [7, 11) is 0. The predicted molar refractivity (Wildman–Crippen MR) is 102 cm³/mol. The van der Waals surface area contributed by atoms with Crippen molar-refractivity contribution in [1.29, 1.82) is 0 Å². The fraction of sp³-hybridized carbons (Fsp3) is 0. The zero-order valence-electron chi connectivity index (χ0n) is 11.6. The smallest absolute Gasteiger partial charge is 0.0497 e. The molecule has 0 aliphatic carbocycles. The number of hydrogen-bond donors (Lipinski definition) is 0. The number of fused-ring (bicyclic) bond motifs is 8. The van der Waals surface area contributed by atoms with Gasteiger partial charge in [-0.05, 0) is 38.2 Å². The van der Waals surface area contributed by atoms with E-state index in [2.05, 4.69) is 82.7 Å². The van der Waals surface area contributed by atoms with E-state index in [0.717, 1.165) is 0 Å². The van der Waals surface area contributed by atoms with Crippen LogP contribution in [0.3, 0.4) is 0 Å². The van der Waals surface area contributed by atoms with Crippen molar-refractivity contribution in [3.8, 4) is 0 Å². The molecule has 1 aromatic heterocycles. The lowest BCUT2D eigenvalue weighted by molar-refractivity contribution is 1.80. The summed E-state index contributed by atoms with van der Waals surface area (Å²) in [6.45, 7) is 0. The molecule has 0 radical (unpaired) electrons. The van der Waals surface area contributed by atoms with Gasteiger partial charge in [-0.15, -0.1) is 11.3 Å². The Morgan fingerprint density at radius 2 is 1.14 bits per heavy atom. The normalized spacial score (nSPS) is 11.9. The Morgan fingerprint density at radius 1 is 0.545 bits per heavy atom. The first-order chi connectivity index (χ1) is 10.8. The third-order valence-electron chi connectivity index (χ3n) is 4.33. The first-order valence-corrected chi connectivity index (χ1v) is 8.86. The van der Waals surface area contributed by atoms with Crippen LogP contribution in [0.1, 0.15) is 0 Å². The van der Waals surface area contributed by atoms with Crippen molar-refractivity contribution < 1.29 is 0 Å². The molecule has 0 N–H and O–H groups in total. The van der Waals surface area contributed by atoms with Crippen molar-refractivity contribution in [2.75, 3.05) is 0 Å². The van der Waals surface area contributed by atoms with Crippen LogP contribution in [-0.4, -0.2) is 0 Å². The second-order valence-corrected chi connectivity index (χ2v) is 7.39. The summed E-state index contributed by atoms with van der Waals surface area (Å²) in [5.74, 6) is 0. The third kappa shape index (κ3) is 1.57. The molecule has 0 unspecified atom stereocenters. The molecule has 0 bridgehead atoms. The van der Waals surface area contributed by atoms with E-state index >= 15 is 0 Å². The summed E-state index contributed by atoms with van der Waals surface area (Å²) >= 11 is 5.60. The first kappa shape index (κ1) is 12.6. The number of thiophene rings is 1. The van der Waals surface area contributed by atoms with Crippen LogP contribution in [-0.2, 0) is 0 Å². The molecule has 0 aliphatic rings. The molecule has 0 spiro atoms. The van der Waals surface area contributed by atoms with Gasteiger partial charge < -0.3 is 0 Å². The number of halogens is 1. The minimum absolute atomic E-state index is 1.18. The number of benzene rings is 4. The summed E-state index contributed by atoms with van der Waals surface area (Å²) in [4.78, 5) is 0. The standard InChI is InChI=1S/C20H11BrS/c21-17-11-5-10-16-18-14-8-3-1-6-12(14)13-7-2-4-9-15(13)20(18)22-19(16)17/h1-11H. The molecule has 0 saturated heterocycles. The van der Waals surface area contributed by atoms with E-state index in [4.69, 9.17) is 0 Å². The van der Waals surface area contributed by atoms with Crippen LogP contribution < -0.4 is 0 Å². The van der Waals surface area contributed by atoms with E-state index in [9.17, 15) is 0 Å². The molecular formula is C20H11BrS. The van der Waals surface area contributed by atoms with E-state index < -0.39 is 0 Å². The molecule has 0 fully saturated rings. The van der Waals surface area contributed by atoms with Gasteiger partial charge >= 0.3 is 0 Å². The van der Waals surface area contributed by atoms with Crippen LogP contribution >= 0.6 is 27.3 Å². The van der Waals surface area contributed by atoms with E-state index in [0.29, 0.717) is 0 Å². The maximum atomic E-state index is 3.71. The molecule has 0 aliphatic heterocycles. The van der Waals surface area contributed by atoms with Crippen LogP contribution in [0.4, 0.5) is 0 Å². The van der Waals surface area contributed by atoms with Gasteiger partial charge in [0, 0.05) is 30.0 Å². The van der Waals surface area contributed by atoms with Crippen LogP contribution in [0.25, 0.3) is 41.7 Å². The first-order valence-electron chi connectivity index (χ1n) is 7.25. The van der Waals surface area contributed by atoms with Crippen molar-refractivity contribution in [1.82, 2.24) is 0 Å². The Hall–Kier alpha value is -1.90. The predicted octanol–water partition coefficient (Wildman–Crippen LogP) is 7.12. The van der Waals surface area contributed by atoms with Gasteiger partial charge in [-0.25, -0.2) is 0 Å². The fourth-order valence-corrected chi connectivity index (χ4v) is 5.26. The SMILES string of the molecule is Brc1cccc2c1sc1c3ccccc3c3ccccc3c21. The molecule has 0 saturated carbocycles. The van der Waals surface area contributed by atoms with Crippen molar-refractivity contribution >= 4 is 69.0 Å². The lowest BCUT2D eigenvalue weighted by Crippen LogP contribution is -1.79. The summed E-state index contributed by atoms with van der Waals surface area (Å²) in [5.41, 5.74) is 0. The van der Waals surface area contributed by atoms with Crippen molar-refractivity contribution in [2.45, 2.75) is 0 Å².